The molecule has 5 nitrogen and oxygen atoms in total. The first kappa shape index (κ1) is 14.7. The second kappa shape index (κ2) is 5.03. The summed E-state index contributed by atoms with van der Waals surface area (Å²) in [5.74, 6) is 0.724. The van der Waals surface area contributed by atoms with Gasteiger partial charge >= 0.3 is 0 Å². The second-order valence-electron chi connectivity index (χ2n) is 5.21. The van der Waals surface area contributed by atoms with Gasteiger partial charge in [-0.3, -0.25) is 0 Å². The highest BCUT2D eigenvalue weighted by atomic mass is 32.2. The first-order valence-corrected chi connectivity index (χ1v) is 8.28. The Morgan fingerprint density at radius 3 is 2.40 bits per heavy atom. The molecule has 0 fully saturated rings. The van der Waals surface area contributed by atoms with Gasteiger partial charge in [0.2, 0.25) is 0 Å². The Labute approximate surface area is 119 Å². The van der Waals surface area contributed by atoms with Crippen molar-refractivity contribution < 1.29 is 8.42 Å². The number of hydrogen-bond donors (Lipinski definition) is 2. The van der Waals surface area contributed by atoms with Crippen molar-refractivity contribution in [3.05, 3.63) is 36.3 Å². The van der Waals surface area contributed by atoms with Gasteiger partial charge in [-0.1, -0.05) is 19.1 Å². The number of nitrogens with two attached hydrogens (primary N) is 1. The number of rotatable bonds is 4. The maximum absolute atomic E-state index is 11.4. The maximum Gasteiger partial charge on any atom is 0.175 e. The zero-order chi connectivity index (χ0) is 15.0. The molecule has 0 saturated heterocycles. The number of hydrogen-bond acceptors (Lipinski definition) is 4. The first-order valence-electron chi connectivity index (χ1n) is 6.39. The predicted molar refractivity (Wildman–Crippen MR) is 79.0 cm³/mol. The summed E-state index contributed by atoms with van der Waals surface area (Å²) in [6, 6.07) is 6.69. The molecule has 0 bridgehead atoms. The van der Waals surface area contributed by atoms with Gasteiger partial charge in [-0.05, 0) is 31.0 Å². The van der Waals surface area contributed by atoms with Crippen molar-refractivity contribution in [2.24, 2.45) is 5.73 Å². The van der Waals surface area contributed by atoms with Gasteiger partial charge in [0.1, 0.15) is 5.82 Å². The molecular formula is C14H19N3O2S. The highest BCUT2D eigenvalue weighted by Crippen LogP contribution is 2.24. The zero-order valence-electron chi connectivity index (χ0n) is 11.8. The van der Waals surface area contributed by atoms with Crippen LogP contribution in [0.25, 0.3) is 11.3 Å². The Morgan fingerprint density at radius 2 is 1.90 bits per heavy atom. The fourth-order valence-corrected chi connectivity index (χ4v) is 2.44. The lowest BCUT2D eigenvalue weighted by Gasteiger charge is -2.19. The van der Waals surface area contributed by atoms with Gasteiger partial charge in [0, 0.05) is 6.26 Å². The van der Waals surface area contributed by atoms with Crippen molar-refractivity contribution >= 4 is 9.84 Å². The molecule has 1 aromatic heterocycles. The van der Waals surface area contributed by atoms with Gasteiger partial charge in [-0.15, -0.1) is 0 Å². The molecular weight excluding hydrogens is 274 g/mol. The van der Waals surface area contributed by atoms with Gasteiger partial charge in [-0.2, -0.15) is 0 Å². The summed E-state index contributed by atoms with van der Waals surface area (Å²) < 4.78 is 22.8. The van der Waals surface area contributed by atoms with Crippen molar-refractivity contribution in [1.29, 1.82) is 0 Å². The highest BCUT2D eigenvalue weighted by molar-refractivity contribution is 7.90. The molecule has 1 unspecified atom stereocenters. The standard InChI is InChI=1S/C14H19N3O2S/c1-4-14(2,15)13-16-9-12(17-13)10-5-7-11(8-6-10)20(3,18)19/h5-9H,4,15H2,1-3H3,(H,16,17). The van der Waals surface area contributed by atoms with Crippen molar-refractivity contribution in [2.75, 3.05) is 6.26 Å². The molecule has 0 aliphatic heterocycles. The summed E-state index contributed by atoms with van der Waals surface area (Å²) in [6.45, 7) is 3.92. The number of aromatic amines is 1. The summed E-state index contributed by atoms with van der Waals surface area (Å²) in [7, 11) is -3.17. The number of benzene rings is 1. The van der Waals surface area contributed by atoms with Gasteiger partial charge in [-0.25, -0.2) is 13.4 Å². The minimum Gasteiger partial charge on any atom is -0.340 e. The van der Waals surface area contributed by atoms with Crippen molar-refractivity contribution in [1.82, 2.24) is 9.97 Å². The van der Waals surface area contributed by atoms with Crippen molar-refractivity contribution in [2.45, 2.75) is 30.7 Å². The molecule has 6 heteroatoms. The van der Waals surface area contributed by atoms with Crippen LogP contribution >= 0.6 is 0 Å². The van der Waals surface area contributed by atoms with Crippen LogP contribution in [0.1, 0.15) is 26.1 Å². The number of nitrogens with zero attached hydrogens (tertiary/aromatic N) is 1. The summed E-state index contributed by atoms with van der Waals surface area (Å²) in [5, 5.41) is 0. The van der Waals surface area contributed by atoms with E-state index in [4.69, 9.17) is 5.73 Å². The second-order valence-corrected chi connectivity index (χ2v) is 7.23. The summed E-state index contributed by atoms with van der Waals surface area (Å²) in [4.78, 5) is 7.80. The maximum atomic E-state index is 11.4. The number of nitrogens with one attached hydrogen (secondary N) is 1. The van der Waals surface area contributed by atoms with Crippen molar-refractivity contribution in [3.8, 4) is 11.3 Å². The molecule has 0 saturated carbocycles. The smallest absolute Gasteiger partial charge is 0.175 e. The summed E-state index contributed by atoms with van der Waals surface area (Å²) in [6.07, 6.45) is 3.68. The Hall–Kier alpha value is -1.66. The third kappa shape index (κ3) is 2.91. The lowest BCUT2D eigenvalue weighted by Crippen LogP contribution is -2.33. The lowest BCUT2D eigenvalue weighted by molar-refractivity contribution is 0.450. The van der Waals surface area contributed by atoms with Crippen LogP contribution in [0.5, 0.6) is 0 Å². The molecule has 0 aliphatic carbocycles. The molecule has 0 amide bonds. The zero-order valence-corrected chi connectivity index (χ0v) is 12.7. The van der Waals surface area contributed by atoms with E-state index in [-0.39, 0.29) is 0 Å². The van der Waals surface area contributed by atoms with E-state index < -0.39 is 15.4 Å². The van der Waals surface area contributed by atoms with E-state index in [1.807, 2.05) is 13.8 Å². The topological polar surface area (TPSA) is 88.8 Å². The van der Waals surface area contributed by atoms with Gasteiger partial charge in [0.25, 0.3) is 0 Å². The van der Waals surface area contributed by atoms with Gasteiger partial charge in [0.05, 0.1) is 22.3 Å². The Balaban J connectivity index is 2.34. The average molecular weight is 293 g/mol. The molecule has 1 heterocycles. The molecule has 108 valence electrons. The molecule has 1 atom stereocenters. The fourth-order valence-electron chi connectivity index (χ4n) is 1.81. The van der Waals surface area contributed by atoms with Crippen LogP contribution in [-0.4, -0.2) is 24.6 Å². The number of H-pyrrole nitrogens is 1. The number of sulfone groups is 1. The van der Waals surface area contributed by atoms with Crippen LogP contribution in [0.15, 0.2) is 35.4 Å². The minimum absolute atomic E-state index is 0.304. The largest absolute Gasteiger partial charge is 0.340 e. The molecule has 2 rings (SSSR count). The monoisotopic (exact) mass is 293 g/mol. The molecule has 2 aromatic rings. The molecule has 0 aliphatic rings. The molecule has 20 heavy (non-hydrogen) atoms. The highest BCUT2D eigenvalue weighted by Gasteiger charge is 2.22. The first-order chi connectivity index (χ1) is 9.24. The van der Waals surface area contributed by atoms with E-state index in [0.29, 0.717) is 4.90 Å². The molecule has 0 radical (unpaired) electrons. The molecule has 0 spiro atoms. The summed E-state index contributed by atoms with van der Waals surface area (Å²) in [5.41, 5.74) is 7.34. The van der Waals surface area contributed by atoms with Crippen LogP contribution in [-0.2, 0) is 15.4 Å². The predicted octanol–water partition coefficient (Wildman–Crippen LogP) is 2.06. The Bertz CT molecular complexity index is 700. The third-order valence-electron chi connectivity index (χ3n) is 3.44. The number of aromatic nitrogens is 2. The SMILES string of the molecule is CCC(C)(N)c1ncc(-c2ccc(S(C)(=O)=O)cc2)[nH]1. The van der Waals surface area contributed by atoms with Crippen LogP contribution in [0.4, 0.5) is 0 Å². The van der Waals surface area contributed by atoms with Crippen LogP contribution in [0.3, 0.4) is 0 Å². The fraction of sp³-hybridized carbons (Fsp3) is 0.357. The van der Waals surface area contributed by atoms with Crippen LogP contribution in [0, 0.1) is 0 Å². The van der Waals surface area contributed by atoms with Gasteiger partial charge in [0.15, 0.2) is 9.84 Å². The minimum atomic E-state index is -3.17. The molecule has 1 aromatic carbocycles. The van der Waals surface area contributed by atoms with E-state index in [2.05, 4.69) is 9.97 Å². The van der Waals surface area contributed by atoms with E-state index in [1.165, 1.54) is 6.26 Å². The molecule has 3 N–H and O–H groups in total. The van der Waals surface area contributed by atoms with Gasteiger partial charge < -0.3 is 10.7 Å². The van der Waals surface area contributed by atoms with Crippen LogP contribution in [0.2, 0.25) is 0 Å². The Kier molecular flexibility index (Phi) is 3.71. The lowest BCUT2D eigenvalue weighted by atomic mass is 10.00. The van der Waals surface area contributed by atoms with E-state index >= 15 is 0 Å². The average Bonchev–Trinajstić information content (AvgIpc) is 2.88. The van der Waals surface area contributed by atoms with E-state index in [1.54, 1.807) is 30.5 Å². The number of imidazole rings is 1. The summed E-state index contributed by atoms with van der Waals surface area (Å²) >= 11 is 0. The van der Waals surface area contributed by atoms with Crippen LogP contribution < -0.4 is 5.73 Å². The van der Waals surface area contributed by atoms with Crippen molar-refractivity contribution in [3.63, 3.8) is 0 Å². The quantitative estimate of drug-likeness (QED) is 0.903. The third-order valence-corrected chi connectivity index (χ3v) is 4.57. The van der Waals surface area contributed by atoms with E-state index in [0.717, 1.165) is 23.5 Å². The Morgan fingerprint density at radius 1 is 1.30 bits per heavy atom. The van der Waals surface area contributed by atoms with E-state index in [9.17, 15) is 8.42 Å². The normalized spacial score (nSPS) is 15.0.